The van der Waals surface area contributed by atoms with E-state index in [4.69, 9.17) is 0 Å². The number of amides is 1. The molecule has 60 heavy (non-hydrogen) atoms. The first-order chi connectivity index (χ1) is 26.9. The molecule has 3 saturated heterocycles. The number of H-pyrrole nitrogens is 2. The van der Waals surface area contributed by atoms with Gasteiger partial charge in [0.2, 0.25) is 11.7 Å². The Morgan fingerprint density at radius 3 is 1.67 bits per heavy atom. The number of aromatic amines is 2. The van der Waals surface area contributed by atoms with Gasteiger partial charge < -0.3 is 25.7 Å². The van der Waals surface area contributed by atoms with Gasteiger partial charge in [-0.25, -0.2) is 9.97 Å². The molecule has 5 heterocycles. The number of aromatic nitrogens is 4. The molecule has 1 amide bonds. The molecule has 0 saturated carbocycles. The molecule has 3 fully saturated rings. The molecule has 5 N–H and O–H groups in total. The zero-order valence-electron chi connectivity index (χ0n) is 41.0. The SMILES string of the molecule is C=C1CN(C(C)(C)C)CCN1.C=S1(=O)CCC(C(C)(C)C)C1.CC(C)(C)CC1CCCNC1=O.Cc1nc(C(C)(C)C)c(C)c(=O)[nH]1.Cc1nc(C(C)(C)C)c(O)c(=O)[nH]1. The highest BCUT2D eigenvalue weighted by atomic mass is 32.2. The predicted octanol–water partition coefficient (Wildman–Crippen LogP) is 7.69. The van der Waals surface area contributed by atoms with Gasteiger partial charge in [-0.3, -0.25) is 23.5 Å². The van der Waals surface area contributed by atoms with E-state index in [1.54, 1.807) is 13.8 Å². The van der Waals surface area contributed by atoms with E-state index in [0.717, 1.165) is 80.3 Å². The van der Waals surface area contributed by atoms with Crippen LogP contribution in [-0.4, -0.2) is 89.2 Å². The van der Waals surface area contributed by atoms with Crippen LogP contribution < -0.4 is 21.8 Å². The molecule has 5 rings (SSSR count). The van der Waals surface area contributed by atoms with Crippen molar-refractivity contribution in [2.24, 2.45) is 22.7 Å². The fraction of sp³-hybridized carbons (Fsp3) is 0.745. The summed E-state index contributed by atoms with van der Waals surface area (Å²) >= 11 is 0. The van der Waals surface area contributed by atoms with Crippen LogP contribution in [0.3, 0.4) is 0 Å². The van der Waals surface area contributed by atoms with Crippen molar-refractivity contribution in [2.45, 2.75) is 167 Å². The van der Waals surface area contributed by atoms with Crippen LogP contribution in [0.25, 0.3) is 0 Å². The van der Waals surface area contributed by atoms with Crippen molar-refractivity contribution in [1.29, 1.82) is 0 Å². The zero-order chi connectivity index (χ0) is 46.8. The Balaban J connectivity index is 0.000000376. The summed E-state index contributed by atoms with van der Waals surface area (Å²) in [6.45, 7) is 45.1. The third-order valence-electron chi connectivity index (χ3n) is 10.6. The molecule has 2 aromatic rings. The minimum Gasteiger partial charge on any atom is -0.502 e. The number of rotatable bonds is 1. The predicted molar refractivity (Wildman–Crippen MR) is 254 cm³/mol. The third-order valence-corrected chi connectivity index (χ3v) is 12.6. The maximum Gasteiger partial charge on any atom is 0.293 e. The average Bonchev–Trinajstić information content (AvgIpc) is 3.45. The Morgan fingerprint density at radius 1 is 0.767 bits per heavy atom. The lowest BCUT2D eigenvalue weighted by Crippen LogP contribution is -2.50. The van der Waals surface area contributed by atoms with Crippen molar-refractivity contribution in [3.8, 4) is 5.75 Å². The standard InChI is InChI=1S/C10H16N2O.C10H19NO.C9H14N2O2.C9H18N2.C9H18OS/c1-6-8(10(3,4)5)11-7(2)12-9(6)13;1-10(2,3)7-8-5-4-6-11-9(8)12;1-5-10-7(9(2,3)4)6(12)8(13)11-5;1-8-7-11(6-5-10-8)9(2,3)4;1-9(2,3)8-5-6-11(4,10)7-8/h1-5H3,(H,11,12,13);8H,4-7H2,1-3H3,(H,11,12);12H,1-4H3,(H,10,11,13);10H,1,5-7H2,2-4H3;8H,4-7H2,1-3H3. The first-order valence-corrected chi connectivity index (χ1v) is 23.7. The zero-order valence-corrected chi connectivity index (χ0v) is 41.8. The number of nitrogens with zero attached hydrogens (tertiary/aromatic N) is 3. The summed E-state index contributed by atoms with van der Waals surface area (Å²) in [5.74, 6) is 7.51. The minimum atomic E-state index is -1.68. The normalized spacial score (nSPS) is 21.3. The van der Waals surface area contributed by atoms with Crippen LogP contribution >= 0.6 is 0 Å². The second-order valence-corrected chi connectivity index (χ2v) is 24.9. The Labute approximate surface area is 364 Å². The lowest BCUT2D eigenvalue weighted by Gasteiger charge is -2.39. The van der Waals surface area contributed by atoms with Gasteiger partial charge in [0.05, 0.1) is 11.4 Å². The monoisotopic (exact) mass is 860 g/mol. The van der Waals surface area contributed by atoms with E-state index in [1.165, 1.54) is 0 Å². The van der Waals surface area contributed by atoms with Crippen molar-refractivity contribution >= 4 is 21.3 Å². The summed E-state index contributed by atoms with van der Waals surface area (Å²) in [7, 11) is -1.68. The van der Waals surface area contributed by atoms with Crippen LogP contribution in [0.1, 0.15) is 158 Å². The molecule has 2 aromatic heterocycles. The summed E-state index contributed by atoms with van der Waals surface area (Å²) in [5.41, 5.74) is 3.18. The highest BCUT2D eigenvalue weighted by Gasteiger charge is 2.32. The van der Waals surface area contributed by atoms with Gasteiger partial charge >= 0.3 is 0 Å². The molecule has 3 unspecified atom stereocenters. The molecule has 0 bridgehead atoms. The minimum absolute atomic E-state index is 0.0302. The van der Waals surface area contributed by atoms with E-state index in [2.05, 4.69) is 131 Å². The molecule has 3 atom stereocenters. The first kappa shape index (κ1) is 54.6. The number of hydrogen-bond donors (Lipinski definition) is 5. The van der Waals surface area contributed by atoms with Gasteiger partial charge in [-0.1, -0.05) is 89.7 Å². The van der Waals surface area contributed by atoms with Gasteiger partial charge in [-0.2, -0.15) is 0 Å². The number of nitrogens with one attached hydrogen (secondary N) is 4. The Bertz CT molecular complexity index is 1870. The van der Waals surface area contributed by atoms with Crippen LogP contribution in [-0.2, 0) is 25.1 Å². The lowest BCUT2D eigenvalue weighted by atomic mass is 9.81. The van der Waals surface area contributed by atoms with Crippen molar-refractivity contribution in [2.75, 3.05) is 37.7 Å². The van der Waals surface area contributed by atoms with Gasteiger partial charge in [-0.05, 0) is 99.4 Å². The largest absolute Gasteiger partial charge is 0.502 e. The quantitative estimate of drug-likeness (QED) is 0.180. The number of hydrogen-bond acceptors (Lipinski definition) is 9. The molecule has 13 heteroatoms. The number of carbonyl (C=O) groups is 1. The maximum absolute atomic E-state index is 11.5. The Hall–Kier alpha value is -3.45. The number of aromatic hydroxyl groups is 1. The van der Waals surface area contributed by atoms with E-state index in [0.29, 0.717) is 28.7 Å². The lowest BCUT2D eigenvalue weighted by molar-refractivity contribution is -0.127. The summed E-state index contributed by atoms with van der Waals surface area (Å²) in [4.78, 5) is 49.9. The van der Waals surface area contributed by atoms with Crippen molar-refractivity contribution < 1.29 is 14.1 Å². The first-order valence-electron chi connectivity index (χ1n) is 21.6. The molecular formula is C47H85N7O5S. The van der Waals surface area contributed by atoms with Gasteiger partial charge in [0, 0.05) is 71.2 Å². The molecule has 12 nitrogen and oxygen atoms in total. The van der Waals surface area contributed by atoms with Crippen LogP contribution in [0.5, 0.6) is 5.75 Å². The Morgan fingerprint density at radius 2 is 1.28 bits per heavy atom. The number of carbonyl (C=O) groups excluding carboxylic acids is 1. The second-order valence-electron chi connectivity index (χ2n) is 22.2. The third kappa shape index (κ3) is 19.5. The summed E-state index contributed by atoms with van der Waals surface area (Å²) in [6, 6.07) is 0. The molecule has 0 aliphatic carbocycles. The topological polar surface area (TPSA) is 173 Å². The van der Waals surface area contributed by atoms with E-state index < -0.39 is 15.1 Å². The van der Waals surface area contributed by atoms with Crippen molar-refractivity contribution in [3.05, 3.63) is 61.6 Å². The van der Waals surface area contributed by atoms with E-state index in [9.17, 15) is 23.7 Å². The molecule has 0 radical (unpaired) electrons. The van der Waals surface area contributed by atoms with Gasteiger partial charge in [0.25, 0.3) is 11.1 Å². The molecule has 3 aliphatic rings. The van der Waals surface area contributed by atoms with Crippen LogP contribution in [0.4, 0.5) is 0 Å². The fourth-order valence-corrected chi connectivity index (χ4v) is 9.41. The number of aryl methyl sites for hydroxylation is 2. The van der Waals surface area contributed by atoms with Gasteiger partial charge in [-0.15, -0.1) is 0 Å². The van der Waals surface area contributed by atoms with Crippen LogP contribution in [0.2, 0.25) is 0 Å². The Kier molecular flexibility index (Phi) is 19.6. The highest BCUT2D eigenvalue weighted by molar-refractivity contribution is 8.00. The molecular weight excluding hydrogens is 775 g/mol. The average molecular weight is 860 g/mol. The molecule has 0 aromatic carbocycles. The number of piperazine rings is 1. The van der Waals surface area contributed by atoms with Crippen molar-refractivity contribution in [3.63, 3.8) is 0 Å². The van der Waals surface area contributed by atoms with Crippen LogP contribution in [0, 0.1) is 43.4 Å². The van der Waals surface area contributed by atoms with Crippen LogP contribution in [0.15, 0.2) is 21.9 Å². The van der Waals surface area contributed by atoms with Gasteiger partial charge in [0.1, 0.15) is 11.6 Å². The van der Waals surface area contributed by atoms with E-state index >= 15 is 0 Å². The van der Waals surface area contributed by atoms with E-state index in [-0.39, 0.29) is 44.9 Å². The van der Waals surface area contributed by atoms with Crippen molar-refractivity contribution in [1.82, 2.24) is 35.5 Å². The summed E-state index contributed by atoms with van der Waals surface area (Å²) in [5, 5.41) is 15.6. The molecule has 344 valence electrons. The number of piperidine rings is 1. The fourth-order valence-electron chi connectivity index (χ4n) is 7.13. The highest BCUT2D eigenvalue weighted by Crippen LogP contribution is 2.34. The summed E-state index contributed by atoms with van der Waals surface area (Å²) in [6.07, 6.45) is 4.33. The summed E-state index contributed by atoms with van der Waals surface area (Å²) < 4.78 is 11.5. The maximum atomic E-state index is 11.5. The molecule has 3 aliphatic heterocycles. The second kappa shape index (κ2) is 21.6. The van der Waals surface area contributed by atoms with E-state index in [1.807, 2.05) is 27.7 Å². The molecule has 0 spiro atoms. The van der Waals surface area contributed by atoms with Gasteiger partial charge in [0.15, 0.2) is 0 Å². The smallest absolute Gasteiger partial charge is 0.293 e.